The van der Waals surface area contributed by atoms with Crippen molar-refractivity contribution >= 4 is 40.3 Å². The van der Waals surface area contributed by atoms with E-state index in [1.54, 1.807) is 37.5 Å². The molecule has 0 spiro atoms. The van der Waals surface area contributed by atoms with E-state index in [1.165, 1.54) is 13.1 Å². The number of amides is 2. The number of carbonyl (C=O) groups excluding carboxylic acids is 3. The second kappa shape index (κ2) is 10.1. The highest BCUT2D eigenvalue weighted by atomic mass is 16.5. The fourth-order valence-electron chi connectivity index (χ4n) is 2.87. The monoisotopic (exact) mass is 418 g/mol. The Labute approximate surface area is 179 Å². The lowest BCUT2D eigenvalue weighted by atomic mass is 10.1. The highest BCUT2D eigenvalue weighted by Crippen LogP contribution is 2.22. The highest BCUT2D eigenvalue weighted by molar-refractivity contribution is 5.97. The Morgan fingerprint density at radius 3 is 2.35 bits per heavy atom. The van der Waals surface area contributed by atoms with Crippen LogP contribution < -0.4 is 15.4 Å². The number of benzene rings is 3. The van der Waals surface area contributed by atoms with Crippen molar-refractivity contribution in [2.45, 2.75) is 0 Å². The van der Waals surface area contributed by atoms with Crippen molar-refractivity contribution in [1.29, 1.82) is 0 Å². The lowest BCUT2D eigenvalue weighted by Crippen LogP contribution is -2.20. The van der Waals surface area contributed by atoms with Crippen molar-refractivity contribution in [3.63, 3.8) is 0 Å². The number of rotatable bonds is 7. The van der Waals surface area contributed by atoms with Crippen LogP contribution in [0.4, 0.5) is 5.69 Å². The van der Waals surface area contributed by atoms with Gasteiger partial charge in [0.1, 0.15) is 5.75 Å². The Balaban J connectivity index is 1.51. The summed E-state index contributed by atoms with van der Waals surface area (Å²) >= 11 is 0. The second-order valence-electron chi connectivity index (χ2n) is 6.62. The molecule has 0 aliphatic heterocycles. The van der Waals surface area contributed by atoms with E-state index in [1.807, 2.05) is 36.4 Å². The first-order valence-electron chi connectivity index (χ1n) is 9.53. The van der Waals surface area contributed by atoms with E-state index in [0.29, 0.717) is 11.3 Å². The fourth-order valence-corrected chi connectivity index (χ4v) is 2.87. The van der Waals surface area contributed by atoms with Crippen molar-refractivity contribution in [2.24, 2.45) is 0 Å². The summed E-state index contributed by atoms with van der Waals surface area (Å²) in [7, 11) is 3.16. The molecule has 2 N–H and O–H groups in total. The molecular formula is C24H22N2O5. The predicted octanol–water partition coefficient (Wildman–Crippen LogP) is 3.40. The molecule has 0 saturated heterocycles. The molecule has 0 aromatic heterocycles. The molecule has 0 fully saturated rings. The van der Waals surface area contributed by atoms with Crippen LogP contribution in [-0.4, -0.2) is 38.5 Å². The van der Waals surface area contributed by atoms with Gasteiger partial charge in [0.15, 0.2) is 6.61 Å². The van der Waals surface area contributed by atoms with Gasteiger partial charge < -0.3 is 20.1 Å². The van der Waals surface area contributed by atoms with E-state index in [0.717, 1.165) is 22.1 Å². The van der Waals surface area contributed by atoms with Crippen LogP contribution in [0.3, 0.4) is 0 Å². The van der Waals surface area contributed by atoms with E-state index >= 15 is 0 Å². The van der Waals surface area contributed by atoms with Crippen LogP contribution >= 0.6 is 0 Å². The number of hydrogen-bond acceptors (Lipinski definition) is 5. The van der Waals surface area contributed by atoms with Crippen LogP contribution in [0.15, 0.2) is 66.7 Å². The maximum absolute atomic E-state index is 12.0. The number of fused-ring (bicyclic) bond motifs is 1. The number of carbonyl (C=O) groups is 3. The molecule has 0 bridgehead atoms. The first kappa shape index (κ1) is 21.6. The quantitative estimate of drug-likeness (QED) is 0.453. The zero-order chi connectivity index (χ0) is 22.2. The van der Waals surface area contributed by atoms with Gasteiger partial charge >= 0.3 is 5.97 Å². The third kappa shape index (κ3) is 5.93. The fraction of sp³-hybridized carbons (Fsp3) is 0.125. The molecule has 158 valence electrons. The average molecular weight is 418 g/mol. The summed E-state index contributed by atoms with van der Waals surface area (Å²) in [6.07, 6.45) is 2.90. The van der Waals surface area contributed by atoms with Gasteiger partial charge in [0.05, 0.1) is 7.11 Å². The molecule has 0 aliphatic rings. The maximum atomic E-state index is 12.0. The van der Waals surface area contributed by atoms with Gasteiger partial charge in [-0.05, 0) is 64.9 Å². The molecule has 2 amide bonds. The standard InChI is InChI=1S/C24H22N2O5/c1-25-24(29)17-6-9-20(10-7-17)26-22(27)15-31-23(28)12-4-16-3-5-19-14-21(30-2)11-8-18(19)13-16/h3-14H,15H2,1-2H3,(H,25,29)(H,26,27)/b12-4+. The number of ether oxygens (including phenoxy) is 2. The summed E-state index contributed by atoms with van der Waals surface area (Å²) in [5.41, 5.74) is 1.80. The van der Waals surface area contributed by atoms with Crippen LogP contribution in [-0.2, 0) is 14.3 Å². The van der Waals surface area contributed by atoms with Gasteiger partial charge in [-0.1, -0.05) is 18.2 Å². The van der Waals surface area contributed by atoms with Crippen molar-refractivity contribution in [2.75, 3.05) is 26.1 Å². The Bertz CT molecular complexity index is 1140. The van der Waals surface area contributed by atoms with E-state index in [-0.39, 0.29) is 5.91 Å². The van der Waals surface area contributed by atoms with Gasteiger partial charge in [0.2, 0.25) is 0 Å². The number of nitrogens with one attached hydrogen (secondary N) is 2. The Kier molecular flexibility index (Phi) is 7.01. The third-order valence-electron chi connectivity index (χ3n) is 4.49. The van der Waals surface area contributed by atoms with Crippen LogP contribution in [0.1, 0.15) is 15.9 Å². The minimum absolute atomic E-state index is 0.218. The van der Waals surface area contributed by atoms with E-state index in [4.69, 9.17) is 9.47 Å². The lowest BCUT2D eigenvalue weighted by Gasteiger charge is -2.06. The van der Waals surface area contributed by atoms with Gasteiger partial charge in [0.25, 0.3) is 11.8 Å². The van der Waals surface area contributed by atoms with Gasteiger partial charge in [-0.3, -0.25) is 9.59 Å². The molecule has 0 aliphatic carbocycles. The van der Waals surface area contributed by atoms with Gasteiger partial charge in [-0.25, -0.2) is 4.79 Å². The number of anilines is 1. The number of hydrogen-bond donors (Lipinski definition) is 2. The molecule has 7 nitrogen and oxygen atoms in total. The molecule has 0 unspecified atom stereocenters. The molecule has 3 aromatic rings. The Morgan fingerprint density at radius 2 is 1.65 bits per heavy atom. The van der Waals surface area contributed by atoms with E-state index in [9.17, 15) is 14.4 Å². The van der Waals surface area contributed by atoms with Crippen LogP contribution in [0.2, 0.25) is 0 Å². The van der Waals surface area contributed by atoms with Crippen molar-refractivity contribution < 1.29 is 23.9 Å². The van der Waals surface area contributed by atoms with Gasteiger partial charge in [-0.15, -0.1) is 0 Å². The van der Waals surface area contributed by atoms with E-state index < -0.39 is 18.5 Å². The lowest BCUT2D eigenvalue weighted by molar-refractivity contribution is -0.142. The van der Waals surface area contributed by atoms with Crippen LogP contribution in [0.5, 0.6) is 5.75 Å². The molecule has 7 heteroatoms. The third-order valence-corrected chi connectivity index (χ3v) is 4.49. The molecule has 3 aromatic carbocycles. The predicted molar refractivity (Wildman–Crippen MR) is 119 cm³/mol. The van der Waals surface area contributed by atoms with Crippen molar-refractivity contribution in [3.8, 4) is 5.75 Å². The Morgan fingerprint density at radius 1 is 0.935 bits per heavy atom. The van der Waals surface area contributed by atoms with Gasteiger partial charge in [-0.2, -0.15) is 0 Å². The molecule has 31 heavy (non-hydrogen) atoms. The molecule has 3 rings (SSSR count). The highest BCUT2D eigenvalue weighted by Gasteiger charge is 2.07. The van der Waals surface area contributed by atoms with Crippen LogP contribution in [0.25, 0.3) is 16.8 Å². The molecule has 0 saturated carbocycles. The first-order chi connectivity index (χ1) is 15.0. The minimum atomic E-state index is -0.625. The molecule has 0 heterocycles. The summed E-state index contributed by atoms with van der Waals surface area (Å²) < 4.78 is 10.2. The summed E-state index contributed by atoms with van der Waals surface area (Å²) in [4.78, 5) is 35.4. The average Bonchev–Trinajstić information content (AvgIpc) is 2.80. The summed E-state index contributed by atoms with van der Waals surface area (Å²) in [6, 6.07) is 17.9. The Hall–Kier alpha value is -4.13. The van der Waals surface area contributed by atoms with Gasteiger partial charge in [0, 0.05) is 24.4 Å². The molecular weight excluding hydrogens is 396 g/mol. The summed E-state index contributed by atoms with van der Waals surface area (Å²) in [6.45, 7) is -0.419. The largest absolute Gasteiger partial charge is 0.497 e. The topological polar surface area (TPSA) is 93.7 Å². The first-order valence-corrected chi connectivity index (χ1v) is 9.53. The van der Waals surface area contributed by atoms with E-state index in [2.05, 4.69) is 10.6 Å². The molecule has 0 atom stereocenters. The number of esters is 1. The van der Waals surface area contributed by atoms with Crippen molar-refractivity contribution in [3.05, 3.63) is 77.9 Å². The smallest absolute Gasteiger partial charge is 0.331 e. The van der Waals surface area contributed by atoms with Crippen LogP contribution in [0, 0.1) is 0 Å². The zero-order valence-corrected chi connectivity index (χ0v) is 17.2. The van der Waals surface area contributed by atoms with Crippen molar-refractivity contribution in [1.82, 2.24) is 5.32 Å². The number of methoxy groups -OCH3 is 1. The normalized spacial score (nSPS) is 10.6. The SMILES string of the molecule is CNC(=O)c1ccc(NC(=O)COC(=O)/C=C/c2ccc3cc(OC)ccc3c2)cc1. The zero-order valence-electron chi connectivity index (χ0n) is 17.2. The molecule has 0 radical (unpaired) electrons. The summed E-state index contributed by atoms with van der Waals surface area (Å²) in [5, 5.41) is 7.16. The maximum Gasteiger partial charge on any atom is 0.331 e. The minimum Gasteiger partial charge on any atom is -0.497 e. The summed E-state index contributed by atoms with van der Waals surface area (Å²) in [5.74, 6) is -0.543. The second-order valence-corrected chi connectivity index (χ2v) is 6.62.